The topological polar surface area (TPSA) is 98.2 Å². The third-order valence-corrected chi connectivity index (χ3v) is 4.90. The molecule has 0 atom stereocenters. The van der Waals surface area contributed by atoms with Crippen molar-refractivity contribution in [3.63, 3.8) is 0 Å². The number of benzene rings is 2. The number of hydrogen-bond donors (Lipinski definition) is 2. The van der Waals surface area contributed by atoms with Crippen molar-refractivity contribution in [3.8, 4) is 22.5 Å². The Labute approximate surface area is 178 Å². The van der Waals surface area contributed by atoms with Crippen LogP contribution in [0.1, 0.15) is 10.4 Å². The molecular weight excluding hydrogens is 388 g/mol. The SMILES string of the molecule is NC(=O)c1cccc(-c2nn3ccccc3c2-c2ccnc(Nc3ccccc3)n2)c1. The molecule has 0 radical (unpaired) electrons. The van der Waals surface area contributed by atoms with Crippen molar-refractivity contribution in [2.45, 2.75) is 0 Å². The number of rotatable bonds is 5. The Hall–Kier alpha value is -4.52. The summed E-state index contributed by atoms with van der Waals surface area (Å²) in [5.41, 5.74) is 10.8. The predicted octanol–water partition coefficient (Wildman–Crippen LogP) is 4.30. The van der Waals surface area contributed by atoms with Crippen LogP contribution in [0.3, 0.4) is 0 Å². The first-order chi connectivity index (χ1) is 15.2. The van der Waals surface area contributed by atoms with E-state index in [1.165, 1.54) is 0 Å². The quantitative estimate of drug-likeness (QED) is 0.453. The Morgan fingerprint density at radius 3 is 2.61 bits per heavy atom. The molecular formula is C24H18N6O. The van der Waals surface area contributed by atoms with Gasteiger partial charge in [-0.1, -0.05) is 36.4 Å². The summed E-state index contributed by atoms with van der Waals surface area (Å²) in [7, 11) is 0. The minimum atomic E-state index is -0.483. The van der Waals surface area contributed by atoms with Crippen molar-refractivity contribution in [1.82, 2.24) is 19.6 Å². The van der Waals surface area contributed by atoms with Gasteiger partial charge >= 0.3 is 0 Å². The van der Waals surface area contributed by atoms with E-state index in [-0.39, 0.29) is 0 Å². The highest BCUT2D eigenvalue weighted by Gasteiger charge is 2.18. The number of nitrogens with zero attached hydrogens (tertiary/aromatic N) is 4. The van der Waals surface area contributed by atoms with Gasteiger partial charge in [-0.2, -0.15) is 5.10 Å². The number of hydrogen-bond acceptors (Lipinski definition) is 5. The van der Waals surface area contributed by atoms with Gasteiger partial charge in [0.15, 0.2) is 0 Å². The van der Waals surface area contributed by atoms with Crippen molar-refractivity contribution in [1.29, 1.82) is 0 Å². The number of anilines is 2. The molecule has 3 heterocycles. The number of nitrogens with two attached hydrogens (primary N) is 1. The van der Waals surface area contributed by atoms with E-state index < -0.39 is 5.91 Å². The lowest BCUT2D eigenvalue weighted by Crippen LogP contribution is -2.10. The van der Waals surface area contributed by atoms with Crippen molar-refractivity contribution in [2.75, 3.05) is 5.32 Å². The fourth-order valence-electron chi connectivity index (χ4n) is 3.48. The van der Waals surface area contributed by atoms with Crippen LogP contribution in [-0.4, -0.2) is 25.5 Å². The molecule has 5 aromatic rings. The summed E-state index contributed by atoms with van der Waals surface area (Å²) < 4.78 is 1.80. The van der Waals surface area contributed by atoms with Crippen molar-refractivity contribution < 1.29 is 4.79 Å². The molecule has 0 unspecified atom stereocenters. The van der Waals surface area contributed by atoms with Gasteiger partial charge in [0.25, 0.3) is 0 Å². The molecule has 0 aliphatic heterocycles. The molecule has 0 aliphatic rings. The molecule has 2 aromatic carbocycles. The maximum Gasteiger partial charge on any atom is 0.248 e. The van der Waals surface area contributed by atoms with Gasteiger partial charge < -0.3 is 11.1 Å². The summed E-state index contributed by atoms with van der Waals surface area (Å²) in [6, 6.07) is 24.6. The Balaban J connectivity index is 1.67. The molecule has 31 heavy (non-hydrogen) atoms. The molecule has 3 N–H and O–H groups in total. The van der Waals surface area contributed by atoms with Crippen LogP contribution in [-0.2, 0) is 0 Å². The highest BCUT2D eigenvalue weighted by Crippen LogP contribution is 2.34. The second-order valence-corrected chi connectivity index (χ2v) is 6.96. The molecule has 0 spiro atoms. The molecule has 1 amide bonds. The van der Waals surface area contributed by atoms with Crippen LogP contribution in [0.4, 0.5) is 11.6 Å². The van der Waals surface area contributed by atoms with Crippen LogP contribution in [0.25, 0.3) is 28.0 Å². The maximum absolute atomic E-state index is 11.7. The molecule has 0 fully saturated rings. The van der Waals surface area contributed by atoms with Gasteiger partial charge in [-0.05, 0) is 42.5 Å². The zero-order chi connectivity index (χ0) is 21.2. The molecule has 7 heteroatoms. The van der Waals surface area contributed by atoms with E-state index >= 15 is 0 Å². The summed E-state index contributed by atoms with van der Waals surface area (Å²) in [5.74, 6) is -0.000588. The normalized spacial score (nSPS) is 10.8. The van der Waals surface area contributed by atoms with Gasteiger partial charge in [-0.3, -0.25) is 4.79 Å². The predicted molar refractivity (Wildman–Crippen MR) is 120 cm³/mol. The third kappa shape index (κ3) is 3.60. The van der Waals surface area contributed by atoms with E-state index in [0.29, 0.717) is 22.9 Å². The zero-order valence-electron chi connectivity index (χ0n) is 16.4. The summed E-state index contributed by atoms with van der Waals surface area (Å²) >= 11 is 0. The first kappa shape index (κ1) is 18.5. The fourth-order valence-corrected chi connectivity index (χ4v) is 3.48. The smallest absolute Gasteiger partial charge is 0.248 e. The number of carbonyl (C=O) groups is 1. The first-order valence-corrected chi connectivity index (χ1v) is 9.72. The summed E-state index contributed by atoms with van der Waals surface area (Å²) in [6.07, 6.45) is 3.59. The first-order valence-electron chi connectivity index (χ1n) is 9.72. The Bertz CT molecular complexity index is 1390. The van der Waals surface area contributed by atoms with E-state index in [2.05, 4.69) is 10.3 Å². The van der Waals surface area contributed by atoms with Gasteiger partial charge in [-0.25, -0.2) is 14.5 Å². The van der Waals surface area contributed by atoms with Crippen molar-refractivity contribution in [2.24, 2.45) is 5.73 Å². The monoisotopic (exact) mass is 406 g/mol. The number of primary amides is 1. The number of amides is 1. The van der Waals surface area contributed by atoms with Gasteiger partial charge in [-0.15, -0.1) is 0 Å². The Kier molecular flexibility index (Phi) is 4.61. The van der Waals surface area contributed by atoms with Crippen LogP contribution >= 0.6 is 0 Å². The number of carbonyl (C=O) groups excluding carboxylic acids is 1. The van der Waals surface area contributed by atoms with Crippen LogP contribution in [0.2, 0.25) is 0 Å². The molecule has 3 aromatic heterocycles. The summed E-state index contributed by atoms with van der Waals surface area (Å²) in [4.78, 5) is 20.8. The van der Waals surface area contributed by atoms with Crippen LogP contribution in [0.5, 0.6) is 0 Å². The Morgan fingerprint density at radius 1 is 0.935 bits per heavy atom. The minimum Gasteiger partial charge on any atom is -0.366 e. The van der Waals surface area contributed by atoms with E-state index in [1.807, 2.05) is 66.9 Å². The molecule has 7 nitrogen and oxygen atoms in total. The average Bonchev–Trinajstić information content (AvgIpc) is 3.20. The lowest BCUT2D eigenvalue weighted by molar-refractivity contribution is 0.100. The van der Waals surface area contributed by atoms with Crippen molar-refractivity contribution in [3.05, 3.63) is 96.8 Å². The third-order valence-electron chi connectivity index (χ3n) is 4.90. The van der Waals surface area contributed by atoms with E-state index in [1.54, 1.807) is 28.9 Å². The van der Waals surface area contributed by atoms with Crippen molar-refractivity contribution >= 4 is 23.1 Å². The standard InChI is InChI=1S/C24H18N6O/c25-23(31)17-8-6-7-16(15-17)22-21(20-11-4-5-14-30(20)29-22)19-12-13-26-24(28-19)27-18-9-2-1-3-10-18/h1-15H,(H2,25,31)(H,26,27,28). The second-order valence-electron chi connectivity index (χ2n) is 6.96. The van der Waals surface area contributed by atoms with E-state index in [0.717, 1.165) is 22.3 Å². The van der Waals surface area contributed by atoms with Gasteiger partial charge in [0.1, 0.15) is 5.69 Å². The largest absolute Gasteiger partial charge is 0.366 e. The second kappa shape index (κ2) is 7.72. The number of aromatic nitrogens is 4. The number of para-hydroxylation sites is 1. The molecule has 0 saturated carbocycles. The number of nitrogens with one attached hydrogen (secondary N) is 1. The van der Waals surface area contributed by atoms with Gasteiger partial charge in [0.2, 0.25) is 11.9 Å². The highest BCUT2D eigenvalue weighted by molar-refractivity contribution is 5.96. The zero-order valence-corrected chi connectivity index (χ0v) is 16.4. The molecule has 5 rings (SSSR count). The summed E-state index contributed by atoms with van der Waals surface area (Å²) in [5, 5.41) is 7.98. The maximum atomic E-state index is 11.7. The fraction of sp³-hybridized carbons (Fsp3) is 0. The lowest BCUT2D eigenvalue weighted by Gasteiger charge is -2.08. The number of fused-ring (bicyclic) bond motifs is 1. The molecule has 150 valence electrons. The van der Waals surface area contributed by atoms with E-state index in [9.17, 15) is 4.79 Å². The van der Waals surface area contributed by atoms with Gasteiger partial charge in [0.05, 0.1) is 16.8 Å². The van der Waals surface area contributed by atoms with Gasteiger partial charge in [0, 0.05) is 29.2 Å². The average molecular weight is 406 g/mol. The summed E-state index contributed by atoms with van der Waals surface area (Å²) in [6.45, 7) is 0. The van der Waals surface area contributed by atoms with Crippen LogP contribution in [0.15, 0.2) is 91.3 Å². The van der Waals surface area contributed by atoms with Crippen LogP contribution < -0.4 is 11.1 Å². The highest BCUT2D eigenvalue weighted by atomic mass is 16.1. The van der Waals surface area contributed by atoms with Crippen LogP contribution in [0, 0.1) is 0 Å². The Morgan fingerprint density at radius 2 is 1.77 bits per heavy atom. The minimum absolute atomic E-state index is 0.426. The number of pyridine rings is 1. The lowest BCUT2D eigenvalue weighted by atomic mass is 10.0. The molecule has 0 aliphatic carbocycles. The molecule has 0 saturated heterocycles. The molecule has 0 bridgehead atoms. The van der Waals surface area contributed by atoms with E-state index in [4.69, 9.17) is 15.8 Å².